The van der Waals surface area contributed by atoms with Crippen molar-refractivity contribution >= 4 is 39.1 Å². The van der Waals surface area contributed by atoms with Crippen molar-refractivity contribution in [2.45, 2.75) is 0 Å². The van der Waals surface area contributed by atoms with Gasteiger partial charge in [0.05, 0.1) is 11.7 Å². The smallest absolute Gasteiger partial charge is 0.239 e. The van der Waals surface area contributed by atoms with Gasteiger partial charge in [-0.05, 0) is 28.1 Å². The molecule has 0 N–H and O–H groups in total. The molecular formula is C12H10BrN3O. The van der Waals surface area contributed by atoms with Crippen LogP contribution >= 0.6 is 15.9 Å². The number of benzene rings is 1. The summed E-state index contributed by atoms with van der Waals surface area (Å²) in [5, 5.41) is 9.94. The Hall–Kier alpha value is -1.80. The molecule has 0 saturated heterocycles. The van der Waals surface area contributed by atoms with Gasteiger partial charge in [0, 0.05) is 18.6 Å². The van der Waals surface area contributed by atoms with E-state index < -0.39 is 0 Å². The summed E-state index contributed by atoms with van der Waals surface area (Å²) in [6.45, 7) is 0. The van der Waals surface area contributed by atoms with Gasteiger partial charge in [-0.25, -0.2) is 4.99 Å². The second-order valence-corrected chi connectivity index (χ2v) is 4.57. The van der Waals surface area contributed by atoms with Crippen LogP contribution in [0.3, 0.4) is 0 Å². The molecular weight excluding hydrogens is 282 g/mol. The van der Waals surface area contributed by atoms with Gasteiger partial charge in [0.25, 0.3) is 0 Å². The van der Waals surface area contributed by atoms with E-state index >= 15 is 0 Å². The fraction of sp³-hybridized carbons (Fsp3) is 0.167. The maximum absolute atomic E-state index is 9.18. The minimum absolute atomic E-state index is 0.336. The predicted molar refractivity (Wildman–Crippen MR) is 70.5 cm³/mol. The van der Waals surface area contributed by atoms with Crippen LogP contribution in [0.4, 0.5) is 5.88 Å². The lowest BCUT2D eigenvalue weighted by molar-refractivity contribution is 0.611. The molecule has 0 atom stereocenters. The zero-order valence-electron chi connectivity index (χ0n) is 9.44. The van der Waals surface area contributed by atoms with E-state index in [-0.39, 0.29) is 0 Å². The van der Waals surface area contributed by atoms with Crippen molar-refractivity contribution in [3.8, 4) is 6.07 Å². The summed E-state index contributed by atoms with van der Waals surface area (Å²) < 4.78 is 6.38. The molecule has 0 radical (unpaired) electrons. The van der Waals surface area contributed by atoms with Crippen LogP contribution in [0.15, 0.2) is 32.1 Å². The van der Waals surface area contributed by atoms with Crippen LogP contribution in [0, 0.1) is 11.3 Å². The predicted octanol–water partition coefficient (Wildman–Crippen LogP) is 3.29. The molecule has 0 aliphatic heterocycles. The van der Waals surface area contributed by atoms with Crippen molar-refractivity contribution in [1.29, 1.82) is 5.26 Å². The number of nitrogens with zero attached hydrogens (tertiary/aromatic N) is 3. The normalized spacial score (nSPS) is 10.9. The molecule has 0 aliphatic carbocycles. The summed E-state index contributed by atoms with van der Waals surface area (Å²) in [6.07, 6.45) is 1.60. The summed E-state index contributed by atoms with van der Waals surface area (Å²) in [7, 11) is 3.71. The van der Waals surface area contributed by atoms with Gasteiger partial charge >= 0.3 is 0 Å². The standard InChI is InChI=1S/C12H10BrN3O/c1-16(2)7-15-12-8(6-14)11-9(13)4-3-5-10(11)17-12/h3-5,7H,1-2H3. The lowest BCUT2D eigenvalue weighted by Crippen LogP contribution is -2.06. The summed E-state index contributed by atoms with van der Waals surface area (Å²) >= 11 is 3.41. The van der Waals surface area contributed by atoms with E-state index in [1.165, 1.54) is 0 Å². The largest absolute Gasteiger partial charge is 0.437 e. The first-order chi connectivity index (χ1) is 8.13. The number of hydrogen-bond acceptors (Lipinski definition) is 3. The van der Waals surface area contributed by atoms with Crippen molar-refractivity contribution in [2.24, 2.45) is 4.99 Å². The molecule has 1 heterocycles. The van der Waals surface area contributed by atoms with Gasteiger partial charge in [0.1, 0.15) is 17.2 Å². The number of nitriles is 1. The highest BCUT2D eigenvalue weighted by Gasteiger charge is 2.15. The average molecular weight is 292 g/mol. The Labute approximate surface area is 107 Å². The van der Waals surface area contributed by atoms with E-state index in [9.17, 15) is 5.26 Å². The minimum atomic E-state index is 0.336. The number of fused-ring (bicyclic) bond motifs is 1. The molecule has 0 amide bonds. The third kappa shape index (κ3) is 2.17. The minimum Gasteiger partial charge on any atom is -0.437 e. The number of halogens is 1. The summed E-state index contributed by atoms with van der Waals surface area (Å²) in [5.74, 6) is 0.336. The maximum atomic E-state index is 9.18. The molecule has 0 saturated carbocycles. The molecule has 0 spiro atoms. The molecule has 5 heteroatoms. The van der Waals surface area contributed by atoms with Crippen LogP contribution in [-0.2, 0) is 0 Å². The number of hydrogen-bond donors (Lipinski definition) is 0. The second-order valence-electron chi connectivity index (χ2n) is 3.72. The maximum Gasteiger partial charge on any atom is 0.239 e. The van der Waals surface area contributed by atoms with E-state index in [4.69, 9.17) is 4.42 Å². The molecule has 2 rings (SSSR count). The molecule has 0 unspecified atom stereocenters. The van der Waals surface area contributed by atoms with Crippen molar-refractivity contribution in [3.05, 3.63) is 28.2 Å². The Balaban J connectivity index is 2.66. The van der Waals surface area contributed by atoms with Crippen LogP contribution in [-0.4, -0.2) is 25.3 Å². The van der Waals surface area contributed by atoms with E-state index in [2.05, 4.69) is 27.0 Å². The topological polar surface area (TPSA) is 52.5 Å². The van der Waals surface area contributed by atoms with Gasteiger partial charge in [0.15, 0.2) is 0 Å². The monoisotopic (exact) mass is 291 g/mol. The fourth-order valence-electron chi connectivity index (χ4n) is 1.46. The highest BCUT2D eigenvalue weighted by molar-refractivity contribution is 9.10. The second kappa shape index (κ2) is 4.60. The van der Waals surface area contributed by atoms with Gasteiger partial charge < -0.3 is 9.32 Å². The van der Waals surface area contributed by atoms with Crippen molar-refractivity contribution in [2.75, 3.05) is 14.1 Å². The molecule has 0 bridgehead atoms. The quantitative estimate of drug-likeness (QED) is 0.630. The Kier molecular flexibility index (Phi) is 3.16. The third-order valence-electron chi connectivity index (χ3n) is 2.16. The van der Waals surface area contributed by atoms with E-state index in [1.807, 2.05) is 32.3 Å². The SMILES string of the molecule is CN(C)C=Nc1oc2cccc(Br)c2c1C#N. The first kappa shape index (κ1) is 11.7. The van der Waals surface area contributed by atoms with Gasteiger partial charge in [-0.3, -0.25) is 0 Å². The average Bonchev–Trinajstić information content (AvgIpc) is 2.65. The molecule has 1 aromatic carbocycles. The van der Waals surface area contributed by atoms with Gasteiger partial charge in [-0.15, -0.1) is 0 Å². The van der Waals surface area contributed by atoms with Gasteiger partial charge in [-0.1, -0.05) is 6.07 Å². The third-order valence-corrected chi connectivity index (χ3v) is 2.82. The number of aliphatic imine (C=N–C) groups is 1. The van der Waals surface area contributed by atoms with Gasteiger partial charge in [0.2, 0.25) is 5.88 Å². The van der Waals surface area contributed by atoms with Crippen LogP contribution in [0.25, 0.3) is 11.0 Å². The first-order valence-corrected chi connectivity index (χ1v) is 5.74. The molecule has 17 heavy (non-hydrogen) atoms. The Morgan fingerprint density at radius 1 is 1.47 bits per heavy atom. The van der Waals surface area contributed by atoms with Gasteiger partial charge in [-0.2, -0.15) is 5.26 Å². The van der Waals surface area contributed by atoms with E-state index in [0.29, 0.717) is 17.0 Å². The molecule has 0 fully saturated rings. The lowest BCUT2D eigenvalue weighted by Gasteiger charge is -2.00. The number of rotatable bonds is 2. The zero-order chi connectivity index (χ0) is 12.4. The fourth-order valence-corrected chi connectivity index (χ4v) is 2.00. The highest BCUT2D eigenvalue weighted by Crippen LogP contribution is 2.35. The van der Waals surface area contributed by atoms with Crippen molar-refractivity contribution in [1.82, 2.24) is 4.90 Å². The molecule has 86 valence electrons. The molecule has 1 aromatic heterocycles. The van der Waals surface area contributed by atoms with Crippen molar-refractivity contribution < 1.29 is 4.42 Å². The molecule has 2 aromatic rings. The highest BCUT2D eigenvalue weighted by atomic mass is 79.9. The van der Waals surface area contributed by atoms with Crippen LogP contribution in [0.2, 0.25) is 0 Å². The summed E-state index contributed by atoms with van der Waals surface area (Å²) in [6, 6.07) is 7.67. The van der Waals surface area contributed by atoms with Crippen LogP contribution in [0.1, 0.15) is 5.56 Å². The van der Waals surface area contributed by atoms with Crippen LogP contribution in [0.5, 0.6) is 0 Å². The van der Waals surface area contributed by atoms with Crippen LogP contribution < -0.4 is 0 Å². The molecule has 0 aliphatic rings. The molecule has 4 nitrogen and oxygen atoms in total. The summed E-state index contributed by atoms with van der Waals surface area (Å²) in [5.41, 5.74) is 1.10. The summed E-state index contributed by atoms with van der Waals surface area (Å²) in [4.78, 5) is 5.93. The number of furan rings is 1. The lowest BCUT2D eigenvalue weighted by atomic mass is 10.2. The Morgan fingerprint density at radius 3 is 2.88 bits per heavy atom. The zero-order valence-corrected chi connectivity index (χ0v) is 11.0. The van der Waals surface area contributed by atoms with E-state index in [1.54, 1.807) is 11.2 Å². The van der Waals surface area contributed by atoms with E-state index in [0.717, 1.165) is 9.86 Å². The Bertz CT molecular complexity index is 622. The van der Waals surface area contributed by atoms with Crippen molar-refractivity contribution in [3.63, 3.8) is 0 Å². The first-order valence-electron chi connectivity index (χ1n) is 4.95. The Morgan fingerprint density at radius 2 is 2.24 bits per heavy atom.